The molecule has 0 unspecified atom stereocenters. The van der Waals surface area contributed by atoms with Crippen molar-refractivity contribution in [2.75, 3.05) is 26.4 Å². The number of hydrogen-bond acceptors (Lipinski definition) is 8. The van der Waals surface area contributed by atoms with Crippen LogP contribution >= 0.6 is 0 Å². The van der Waals surface area contributed by atoms with Gasteiger partial charge in [0.2, 0.25) is 12.6 Å². The molecule has 2 aliphatic carbocycles. The van der Waals surface area contributed by atoms with Gasteiger partial charge in [-0.05, 0) is 123 Å². The molecule has 3 fully saturated rings. The molecule has 5 rings (SSSR count). The molecule has 8 nitrogen and oxygen atoms in total. The van der Waals surface area contributed by atoms with E-state index in [-0.39, 0.29) is 11.9 Å². The fraction of sp³-hybridized carbons (Fsp3) is 0.571. The van der Waals surface area contributed by atoms with E-state index in [9.17, 15) is 9.59 Å². The van der Waals surface area contributed by atoms with Crippen molar-refractivity contribution >= 4 is 11.9 Å². The highest BCUT2D eigenvalue weighted by Gasteiger charge is 2.29. The van der Waals surface area contributed by atoms with Gasteiger partial charge in [-0.3, -0.25) is 0 Å². The van der Waals surface area contributed by atoms with Gasteiger partial charge in [0.25, 0.3) is 0 Å². The molecule has 3 aliphatic rings. The van der Waals surface area contributed by atoms with Crippen molar-refractivity contribution < 1.29 is 38.0 Å². The first-order chi connectivity index (χ1) is 24.5. The van der Waals surface area contributed by atoms with Crippen LogP contribution in [0.3, 0.4) is 0 Å². The lowest BCUT2D eigenvalue weighted by molar-refractivity contribution is -0.326. The van der Waals surface area contributed by atoms with Crippen molar-refractivity contribution in [3.63, 3.8) is 0 Å². The molecule has 1 saturated heterocycles. The molecule has 0 radical (unpaired) electrons. The van der Waals surface area contributed by atoms with Gasteiger partial charge in [-0.1, -0.05) is 61.7 Å². The van der Waals surface area contributed by atoms with Gasteiger partial charge in [0.1, 0.15) is 0 Å². The van der Waals surface area contributed by atoms with Crippen molar-refractivity contribution in [1.82, 2.24) is 0 Å². The summed E-state index contributed by atoms with van der Waals surface area (Å²) in [7, 11) is 0. The second-order valence-electron chi connectivity index (χ2n) is 14.0. The van der Waals surface area contributed by atoms with E-state index in [1.807, 2.05) is 0 Å². The summed E-state index contributed by atoms with van der Waals surface area (Å²) >= 11 is 0. The molecule has 0 N–H and O–H groups in total. The average molecular weight is 689 g/mol. The first-order valence-electron chi connectivity index (χ1n) is 18.7. The molecule has 0 bridgehead atoms. The zero-order valence-corrected chi connectivity index (χ0v) is 29.6. The zero-order valence-electron chi connectivity index (χ0n) is 29.6. The number of rotatable bonds is 18. The summed E-state index contributed by atoms with van der Waals surface area (Å²) in [5.74, 6) is 1.94. The van der Waals surface area contributed by atoms with E-state index < -0.39 is 12.6 Å². The molecule has 2 aromatic carbocycles. The van der Waals surface area contributed by atoms with Crippen LogP contribution in [0.25, 0.3) is 0 Å². The molecule has 0 amide bonds. The Morgan fingerprint density at radius 1 is 0.600 bits per heavy atom. The van der Waals surface area contributed by atoms with Gasteiger partial charge in [-0.15, -0.1) is 0 Å². The lowest BCUT2D eigenvalue weighted by Gasteiger charge is -2.31. The predicted molar refractivity (Wildman–Crippen MR) is 192 cm³/mol. The lowest BCUT2D eigenvalue weighted by Crippen LogP contribution is -2.41. The van der Waals surface area contributed by atoms with Crippen molar-refractivity contribution in [3.05, 3.63) is 96.1 Å². The molecular weight excluding hydrogens is 632 g/mol. The normalized spacial score (nSPS) is 25.4. The molecule has 1 aliphatic heterocycles. The van der Waals surface area contributed by atoms with Crippen LogP contribution in [0.4, 0.5) is 0 Å². The van der Waals surface area contributed by atoms with Gasteiger partial charge in [-0.25, -0.2) is 9.59 Å². The Bertz CT molecular complexity index is 1220. The SMILES string of the molecule is C=CC(=O)OCCC[C@H]1CC[C@H](c2ccc(CO[C@H]3OCCO[C@@H]3OCc3ccc([C@H]4CC[C@H](CCCOC(=O)C=C)CC4)cc3)cc2)CC1. The predicted octanol–water partition coefficient (Wildman–Crippen LogP) is 8.69. The maximum atomic E-state index is 11.2. The summed E-state index contributed by atoms with van der Waals surface area (Å²) in [4.78, 5) is 22.4. The van der Waals surface area contributed by atoms with Gasteiger partial charge in [0.05, 0.1) is 39.6 Å². The highest BCUT2D eigenvalue weighted by Crippen LogP contribution is 2.39. The Balaban J connectivity index is 0.984. The van der Waals surface area contributed by atoms with E-state index in [2.05, 4.69) is 61.7 Å². The molecule has 0 spiro atoms. The number of benzene rings is 2. The van der Waals surface area contributed by atoms with Crippen molar-refractivity contribution in [1.29, 1.82) is 0 Å². The van der Waals surface area contributed by atoms with Crippen LogP contribution in [0, 0.1) is 11.8 Å². The quantitative estimate of drug-likeness (QED) is 0.0874. The van der Waals surface area contributed by atoms with E-state index >= 15 is 0 Å². The Hall–Kier alpha value is -3.30. The highest BCUT2D eigenvalue weighted by atomic mass is 16.8. The maximum absolute atomic E-state index is 11.2. The third-order valence-electron chi connectivity index (χ3n) is 10.6. The molecule has 2 aromatic rings. The van der Waals surface area contributed by atoms with Gasteiger partial charge in [0.15, 0.2) is 0 Å². The number of ether oxygens (including phenoxy) is 6. The lowest BCUT2D eigenvalue weighted by atomic mass is 9.77. The molecule has 2 saturated carbocycles. The van der Waals surface area contributed by atoms with E-state index in [0.717, 1.165) is 36.8 Å². The summed E-state index contributed by atoms with van der Waals surface area (Å²) in [6, 6.07) is 17.6. The standard InChI is InChI=1S/C42H56O8/c1-3-39(43)45-25-5-7-31-9-17-35(18-10-31)37-21-13-33(14-22-37)29-49-41-42(48-28-27-47-41)50-30-34-15-23-38(24-16-34)36-19-11-32(12-20-36)8-6-26-46-40(44)4-2/h3-4,13-16,21-24,31-32,35-36,41-42H,1-2,5-12,17-20,25-30H2/t31-,32-,35-,36-,41-,42-/m1/s1. The topological polar surface area (TPSA) is 89.5 Å². The first-order valence-corrected chi connectivity index (χ1v) is 18.7. The van der Waals surface area contributed by atoms with Crippen LogP contribution in [-0.2, 0) is 51.2 Å². The van der Waals surface area contributed by atoms with Crippen LogP contribution < -0.4 is 0 Å². The minimum Gasteiger partial charge on any atom is -0.463 e. The molecule has 2 atom stereocenters. The molecule has 0 aromatic heterocycles. The van der Waals surface area contributed by atoms with E-state index in [4.69, 9.17) is 28.4 Å². The zero-order chi connectivity index (χ0) is 35.0. The first kappa shape index (κ1) is 37.9. The van der Waals surface area contributed by atoms with Crippen LogP contribution in [0.15, 0.2) is 73.8 Å². The average Bonchev–Trinajstić information content (AvgIpc) is 3.17. The van der Waals surface area contributed by atoms with Crippen LogP contribution in [0.1, 0.15) is 111 Å². The third kappa shape index (κ3) is 12.2. The minimum atomic E-state index is -0.581. The molecule has 1 heterocycles. The Morgan fingerprint density at radius 3 is 1.34 bits per heavy atom. The second-order valence-corrected chi connectivity index (χ2v) is 14.0. The van der Waals surface area contributed by atoms with E-state index in [0.29, 0.717) is 63.3 Å². The molecular formula is C42H56O8. The molecule has 272 valence electrons. The number of carbonyl (C=O) groups excluding carboxylic acids is 2. The third-order valence-corrected chi connectivity index (χ3v) is 10.6. The minimum absolute atomic E-state index is 0.335. The van der Waals surface area contributed by atoms with Gasteiger partial charge in [-0.2, -0.15) is 0 Å². The summed E-state index contributed by atoms with van der Waals surface area (Å²) in [6.07, 6.45) is 15.0. The van der Waals surface area contributed by atoms with Gasteiger partial charge < -0.3 is 28.4 Å². The Morgan fingerprint density at radius 2 is 0.980 bits per heavy atom. The monoisotopic (exact) mass is 688 g/mol. The largest absolute Gasteiger partial charge is 0.463 e. The highest BCUT2D eigenvalue weighted by molar-refractivity contribution is 5.81. The summed E-state index contributed by atoms with van der Waals surface area (Å²) in [6.45, 7) is 9.66. The van der Waals surface area contributed by atoms with Crippen LogP contribution in [0.5, 0.6) is 0 Å². The van der Waals surface area contributed by atoms with E-state index in [1.165, 1.54) is 74.6 Å². The van der Waals surface area contributed by atoms with Crippen LogP contribution in [0.2, 0.25) is 0 Å². The second kappa shape index (κ2) is 20.5. The van der Waals surface area contributed by atoms with Gasteiger partial charge in [0, 0.05) is 12.2 Å². The fourth-order valence-corrected chi connectivity index (χ4v) is 7.64. The van der Waals surface area contributed by atoms with Crippen LogP contribution in [-0.4, -0.2) is 50.9 Å². The summed E-state index contributed by atoms with van der Waals surface area (Å²) in [5, 5.41) is 0. The van der Waals surface area contributed by atoms with Crippen molar-refractivity contribution in [3.8, 4) is 0 Å². The number of carbonyl (C=O) groups is 2. The molecule has 8 heteroatoms. The fourth-order valence-electron chi connectivity index (χ4n) is 7.64. The van der Waals surface area contributed by atoms with Gasteiger partial charge >= 0.3 is 11.9 Å². The maximum Gasteiger partial charge on any atom is 0.330 e. The number of esters is 2. The number of hydrogen-bond donors (Lipinski definition) is 0. The smallest absolute Gasteiger partial charge is 0.330 e. The summed E-state index contributed by atoms with van der Waals surface area (Å²) < 4.78 is 34.4. The van der Waals surface area contributed by atoms with Crippen molar-refractivity contribution in [2.45, 2.75) is 115 Å². The molecule has 50 heavy (non-hydrogen) atoms. The Labute approximate surface area is 298 Å². The summed E-state index contributed by atoms with van der Waals surface area (Å²) in [5.41, 5.74) is 4.99. The Kier molecular flexibility index (Phi) is 15.6. The van der Waals surface area contributed by atoms with Crippen molar-refractivity contribution in [2.24, 2.45) is 11.8 Å². The van der Waals surface area contributed by atoms with E-state index in [1.54, 1.807) is 0 Å².